The maximum atomic E-state index is 11.7. The molecule has 0 bridgehead atoms. The lowest BCUT2D eigenvalue weighted by Crippen LogP contribution is -2.31. The fourth-order valence-corrected chi connectivity index (χ4v) is 1.53. The fraction of sp³-hybridized carbons (Fsp3) is 0.182. The van der Waals surface area contributed by atoms with Gasteiger partial charge in [0.15, 0.2) is 5.78 Å². The van der Waals surface area contributed by atoms with Gasteiger partial charge in [0.1, 0.15) is 6.04 Å². The molecule has 16 heavy (non-hydrogen) atoms. The number of rotatable bonds is 3. The van der Waals surface area contributed by atoms with Gasteiger partial charge in [-0.2, -0.15) is 0 Å². The molecule has 1 aromatic rings. The summed E-state index contributed by atoms with van der Waals surface area (Å²) in [5, 5.41) is 4.47. The molecule has 1 aliphatic rings. The van der Waals surface area contributed by atoms with Crippen molar-refractivity contribution in [3.05, 3.63) is 35.9 Å². The minimum Gasteiger partial charge on any atom is -0.326 e. The van der Waals surface area contributed by atoms with Crippen molar-refractivity contribution >= 4 is 17.7 Å². The van der Waals surface area contributed by atoms with Gasteiger partial charge in [-0.3, -0.25) is 14.9 Å². The van der Waals surface area contributed by atoms with Crippen LogP contribution in [0.5, 0.6) is 0 Å². The highest BCUT2D eigenvalue weighted by molar-refractivity contribution is 6.07. The first-order valence-corrected chi connectivity index (χ1v) is 4.86. The third kappa shape index (κ3) is 2.08. The third-order valence-corrected chi connectivity index (χ3v) is 2.34. The standard InChI is InChI=1S/C11H10N2O3/c14-9(7-4-2-1-3-5-7)6-8-10(15)13-11(16)12-8/h1-5,8H,6H2,(H2,12,13,15,16). The number of Topliss-reactive ketones (excluding diaryl/α,β-unsaturated/α-hetero) is 1. The molecule has 82 valence electrons. The van der Waals surface area contributed by atoms with Crippen LogP contribution in [-0.2, 0) is 4.79 Å². The van der Waals surface area contributed by atoms with E-state index in [0.29, 0.717) is 5.56 Å². The summed E-state index contributed by atoms with van der Waals surface area (Å²) in [6.45, 7) is 0. The molecule has 1 atom stereocenters. The van der Waals surface area contributed by atoms with Crippen molar-refractivity contribution in [1.29, 1.82) is 0 Å². The fourth-order valence-electron chi connectivity index (χ4n) is 1.53. The van der Waals surface area contributed by atoms with Crippen molar-refractivity contribution < 1.29 is 14.4 Å². The number of hydrogen-bond acceptors (Lipinski definition) is 3. The third-order valence-electron chi connectivity index (χ3n) is 2.34. The average molecular weight is 218 g/mol. The van der Waals surface area contributed by atoms with Crippen molar-refractivity contribution in [3.63, 3.8) is 0 Å². The molecule has 0 aromatic heterocycles. The van der Waals surface area contributed by atoms with Crippen LogP contribution in [0.4, 0.5) is 4.79 Å². The average Bonchev–Trinajstić information content (AvgIpc) is 2.59. The van der Waals surface area contributed by atoms with Gasteiger partial charge >= 0.3 is 6.03 Å². The van der Waals surface area contributed by atoms with E-state index >= 15 is 0 Å². The van der Waals surface area contributed by atoms with Gasteiger partial charge in [-0.1, -0.05) is 30.3 Å². The summed E-state index contributed by atoms with van der Waals surface area (Å²) >= 11 is 0. The van der Waals surface area contributed by atoms with E-state index in [1.807, 2.05) is 0 Å². The number of nitrogens with one attached hydrogen (secondary N) is 2. The van der Waals surface area contributed by atoms with Gasteiger partial charge in [-0.25, -0.2) is 4.79 Å². The molecule has 0 saturated carbocycles. The maximum absolute atomic E-state index is 11.7. The Balaban J connectivity index is 2.03. The van der Waals surface area contributed by atoms with Gasteiger partial charge < -0.3 is 5.32 Å². The Morgan fingerprint density at radius 1 is 1.19 bits per heavy atom. The van der Waals surface area contributed by atoms with Gasteiger partial charge in [0, 0.05) is 12.0 Å². The van der Waals surface area contributed by atoms with Gasteiger partial charge in [0.2, 0.25) is 0 Å². The van der Waals surface area contributed by atoms with Crippen molar-refractivity contribution in [2.75, 3.05) is 0 Å². The smallest absolute Gasteiger partial charge is 0.322 e. The zero-order chi connectivity index (χ0) is 11.5. The zero-order valence-electron chi connectivity index (χ0n) is 8.40. The summed E-state index contributed by atoms with van der Waals surface area (Å²) in [4.78, 5) is 33.8. The molecule has 1 aromatic carbocycles. The molecular formula is C11H10N2O3. The van der Waals surface area contributed by atoms with Crippen molar-refractivity contribution in [2.24, 2.45) is 0 Å². The molecular weight excluding hydrogens is 208 g/mol. The predicted molar refractivity (Wildman–Crippen MR) is 55.9 cm³/mol. The van der Waals surface area contributed by atoms with E-state index < -0.39 is 18.0 Å². The SMILES string of the molecule is O=C1NC(=O)C(CC(=O)c2ccccc2)N1. The lowest BCUT2D eigenvalue weighted by atomic mass is 10.0. The Morgan fingerprint density at radius 3 is 2.44 bits per heavy atom. The van der Waals surface area contributed by atoms with Crippen LogP contribution in [0.2, 0.25) is 0 Å². The molecule has 1 saturated heterocycles. The van der Waals surface area contributed by atoms with Gasteiger partial charge in [0.25, 0.3) is 5.91 Å². The summed E-state index contributed by atoms with van der Waals surface area (Å²) in [5.74, 6) is -0.614. The highest BCUT2D eigenvalue weighted by Gasteiger charge is 2.31. The van der Waals surface area contributed by atoms with Gasteiger partial charge in [0.05, 0.1) is 0 Å². The molecule has 3 amide bonds. The minimum absolute atomic E-state index is 0.0123. The summed E-state index contributed by atoms with van der Waals surface area (Å²) < 4.78 is 0. The van der Waals surface area contributed by atoms with E-state index in [1.165, 1.54) is 0 Å². The van der Waals surface area contributed by atoms with Crippen molar-refractivity contribution in [1.82, 2.24) is 10.6 Å². The monoisotopic (exact) mass is 218 g/mol. The maximum Gasteiger partial charge on any atom is 0.322 e. The second kappa shape index (κ2) is 4.14. The summed E-state index contributed by atoms with van der Waals surface area (Å²) in [6.07, 6.45) is -0.0123. The Kier molecular flexibility index (Phi) is 2.68. The zero-order valence-corrected chi connectivity index (χ0v) is 8.40. The van der Waals surface area contributed by atoms with Crippen LogP contribution in [-0.4, -0.2) is 23.8 Å². The molecule has 5 nitrogen and oxygen atoms in total. The number of ketones is 1. The van der Waals surface area contributed by atoms with E-state index in [1.54, 1.807) is 30.3 Å². The topological polar surface area (TPSA) is 75.3 Å². The molecule has 5 heteroatoms. The number of amides is 3. The molecule has 1 aliphatic heterocycles. The Hall–Kier alpha value is -2.17. The first-order valence-electron chi connectivity index (χ1n) is 4.86. The number of imide groups is 1. The van der Waals surface area contributed by atoms with Crippen LogP contribution in [0, 0.1) is 0 Å². The molecule has 0 radical (unpaired) electrons. The Labute approximate surface area is 91.8 Å². The lowest BCUT2D eigenvalue weighted by Gasteiger charge is -2.05. The van der Waals surface area contributed by atoms with Crippen LogP contribution in [0.25, 0.3) is 0 Å². The predicted octanol–water partition coefficient (Wildman–Crippen LogP) is 0.467. The van der Waals surface area contributed by atoms with E-state index in [9.17, 15) is 14.4 Å². The van der Waals surface area contributed by atoms with Crippen LogP contribution < -0.4 is 10.6 Å². The molecule has 2 rings (SSSR count). The number of carbonyl (C=O) groups is 3. The van der Waals surface area contributed by atoms with Gasteiger partial charge in [-0.15, -0.1) is 0 Å². The van der Waals surface area contributed by atoms with E-state index in [4.69, 9.17) is 0 Å². The highest BCUT2D eigenvalue weighted by atomic mass is 16.2. The first kappa shape index (κ1) is 10.4. The van der Waals surface area contributed by atoms with Crippen LogP contribution in [0.1, 0.15) is 16.8 Å². The van der Waals surface area contributed by atoms with E-state index in [0.717, 1.165) is 0 Å². The number of carbonyl (C=O) groups excluding carboxylic acids is 3. The van der Waals surface area contributed by atoms with E-state index in [2.05, 4.69) is 10.6 Å². The van der Waals surface area contributed by atoms with Crippen molar-refractivity contribution in [2.45, 2.75) is 12.5 Å². The Bertz CT molecular complexity index is 442. The highest BCUT2D eigenvalue weighted by Crippen LogP contribution is 2.07. The molecule has 0 spiro atoms. The van der Waals surface area contributed by atoms with Crippen LogP contribution in [0.15, 0.2) is 30.3 Å². The molecule has 2 N–H and O–H groups in total. The second-order valence-electron chi connectivity index (χ2n) is 3.51. The molecule has 1 heterocycles. The minimum atomic E-state index is -0.750. The summed E-state index contributed by atoms with van der Waals surface area (Å²) in [6, 6.07) is 7.37. The molecule has 1 unspecified atom stereocenters. The lowest BCUT2D eigenvalue weighted by molar-refractivity contribution is -0.120. The molecule has 0 aliphatic carbocycles. The van der Waals surface area contributed by atoms with Crippen LogP contribution in [0.3, 0.4) is 0 Å². The first-order chi connectivity index (χ1) is 7.66. The molecule has 1 fully saturated rings. The van der Waals surface area contributed by atoms with Gasteiger partial charge in [-0.05, 0) is 0 Å². The number of hydrogen-bond donors (Lipinski definition) is 2. The number of urea groups is 1. The Morgan fingerprint density at radius 2 is 1.88 bits per heavy atom. The largest absolute Gasteiger partial charge is 0.326 e. The quantitative estimate of drug-likeness (QED) is 0.572. The van der Waals surface area contributed by atoms with Crippen molar-refractivity contribution in [3.8, 4) is 0 Å². The normalized spacial score (nSPS) is 19.1. The van der Waals surface area contributed by atoms with E-state index in [-0.39, 0.29) is 12.2 Å². The summed E-state index contributed by atoms with van der Waals surface area (Å²) in [7, 11) is 0. The summed E-state index contributed by atoms with van der Waals surface area (Å²) in [5.41, 5.74) is 0.538. The van der Waals surface area contributed by atoms with Crippen LogP contribution >= 0.6 is 0 Å². The number of benzene rings is 1. The second-order valence-corrected chi connectivity index (χ2v) is 3.51.